The van der Waals surface area contributed by atoms with E-state index in [1.807, 2.05) is 25.3 Å². The van der Waals surface area contributed by atoms with Gasteiger partial charge < -0.3 is 15.6 Å². The second kappa shape index (κ2) is 7.79. The van der Waals surface area contributed by atoms with Gasteiger partial charge in [0.1, 0.15) is 17.3 Å². The summed E-state index contributed by atoms with van der Waals surface area (Å²) >= 11 is 0. The van der Waals surface area contributed by atoms with Crippen molar-refractivity contribution in [3.63, 3.8) is 0 Å². The summed E-state index contributed by atoms with van der Waals surface area (Å²) in [5.74, 6) is 1.10. The number of hydrogen-bond donors (Lipinski definition) is 3. The van der Waals surface area contributed by atoms with Crippen LogP contribution in [0.3, 0.4) is 0 Å². The second-order valence-corrected chi connectivity index (χ2v) is 5.98. The first kappa shape index (κ1) is 17.0. The molecule has 130 valence electrons. The molecular formula is C19H23N5O. The molecular weight excluding hydrogens is 314 g/mol. The van der Waals surface area contributed by atoms with Crippen LogP contribution < -0.4 is 10.6 Å². The van der Waals surface area contributed by atoms with Gasteiger partial charge in [0, 0.05) is 36.3 Å². The molecule has 0 bridgehead atoms. The Morgan fingerprint density at radius 1 is 1.20 bits per heavy atom. The lowest BCUT2D eigenvalue weighted by atomic mass is 10.1. The number of amides is 1. The average Bonchev–Trinajstić information content (AvgIpc) is 3.02. The van der Waals surface area contributed by atoms with E-state index in [9.17, 15) is 4.79 Å². The minimum Gasteiger partial charge on any atom is -0.370 e. The van der Waals surface area contributed by atoms with Gasteiger partial charge >= 0.3 is 0 Å². The first-order valence-corrected chi connectivity index (χ1v) is 8.60. The average molecular weight is 337 g/mol. The first-order chi connectivity index (χ1) is 12.2. The third kappa shape index (κ3) is 4.15. The van der Waals surface area contributed by atoms with Gasteiger partial charge in [-0.15, -0.1) is 0 Å². The SMILES string of the molecule is CCCNC(=O)c1cc(NCCc2c[nH]c3ccccc23)nc(C)n1. The molecule has 0 radical (unpaired) electrons. The smallest absolute Gasteiger partial charge is 0.270 e. The number of para-hydroxylation sites is 1. The predicted octanol–water partition coefficient (Wildman–Crippen LogP) is 3.06. The fourth-order valence-electron chi connectivity index (χ4n) is 2.77. The summed E-state index contributed by atoms with van der Waals surface area (Å²) in [7, 11) is 0. The topological polar surface area (TPSA) is 82.7 Å². The third-order valence-corrected chi connectivity index (χ3v) is 3.98. The molecule has 6 heteroatoms. The van der Waals surface area contributed by atoms with Gasteiger partial charge in [0.15, 0.2) is 0 Å². The fraction of sp³-hybridized carbons (Fsp3) is 0.316. The van der Waals surface area contributed by atoms with E-state index in [0.29, 0.717) is 23.9 Å². The fourth-order valence-corrected chi connectivity index (χ4v) is 2.77. The number of aryl methyl sites for hydroxylation is 1. The zero-order chi connectivity index (χ0) is 17.6. The van der Waals surface area contributed by atoms with Crippen LogP contribution in [-0.2, 0) is 6.42 Å². The van der Waals surface area contributed by atoms with Gasteiger partial charge in [-0.2, -0.15) is 0 Å². The van der Waals surface area contributed by atoms with E-state index in [2.05, 4.69) is 37.7 Å². The van der Waals surface area contributed by atoms with E-state index in [0.717, 1.165) is 24.9 Å². The van der Waals surface area contributed by atoms with E-state index in [1.165, 1.54) is 10.9 Å². The molecule has 0 fully saturated rings. The molecule has 25 heavy (non-hydrogen) atoms. The predicted molar refractivity (Wildman–Crippen MR) is 99.9 cm³/mol. The Balaban J connectivity index is 1.64. The van der Waals surface area contributed by atoms with Crippen LogP contribution in [0.4, 0.5) is 5.82 Å². The maximum absolute atomic E-state index is 12.1. The van der Waals surface area contributed by atoms with Gasteiger partial charge in [-0.1, -0.05) is 25.1 Å². The van der Waals surface area contributed by atoms with Gasteiger partial charge in [-0.25, -0.2) is 9.97 Å². The van der Waals surface area contributed by atoms with Gasteiger partial charge in [0.25, 0.3) is 5.91 Å². The van der Waals surface area contributed by atoms with Crippen LogP contribution in [0.25, 0.3) is 10.9 Å². The van der Waals surface area contributed by atoms with E-state index in [-0.39, 0.29) is 5.91 Å². The number of rotatable bonds is 7. The Morgan fingerprint density at radius 3 is 2.88 bits per heavy atom. The Bertz CT molecular complexity index is 871. The first-order valence-electron chi connectivity index (χ1n) is 8.60. The molecule has 6 nitrogen and oxygen atoms in total. The highest BCUT2D eigenvalue weighted by molar-refractivity contribution is 5.92. The zero-order valence-corrected chi connectivity index (χ0v) is 14.6. The molecule has 0 aliphatic carbocycles. The van der Waals surface area contributed by atoms with Gasteiger partial charge in [-0.3, -0.25) is 4.79 Å². The quantitative estimate of drug-likeness (QED) is 0.619. The van der Waals surface area contributed by atoms with Crippen molar-refractivity contribution in [1.82, 2.24) is 20.3 Å². The third-order valence-electron chi connectivity index (χ3n) is 3.98. The molecule has 0 unspecified atom stereocenters. The maximum Gasteiger partial charge on any atom is 0.270 e. The van der Waals surface area contributed by atoms with Crippen LogP contribution in [0.15, 0.2) is 36.5 Å². The molecule has 1 amide bonds. The summed E-state index contributed by atoms with van der Waals surface area (Å²) < 4.78 is 0. The van der Waals surface area contributed by atoms with E-state index in [4.69, 9.17) is 0 Å². The lowest BCUT2D eigenvalue weighted by Crippen LogP contribution is -2.25. The minimum atomic E-state index is -0.160. The van der Waals surface area contributed by atoms with Crippen LogP contribution in [0.5, 0.6) is 0 Å². The van der Waals surface area contributed by atoms with Crippen molar-refractivity contribution < 1.29 is 4.79 Å². The van der Waals surface area contributed by atoms with Crippen LogP contribution in [0.1, 0.15) is 35.2 Å². The Labute approximate surface area is 147 Å². The summed E-state index contributed by atoms with van der Waals surface area (Å²) in [4.78, 5) is 23.9. The number of carbonyl (C=O) groups is 1. The number of nitrogens with zero attached hydrogens (tertiary/aromatic N) is 2. The molecule has 0 saturated carbocycles. The second-order valence-electron chi connectivity index (χ2n) is 5.98. The highest BCUT2D eigenvalue weighted by Gasteiger charge is 2.10. The number of aromatic nitrogens is 3. The van der Waals surface area contributed by atoms with E-state index in [1.54, 1.807) is 13.0 Å². The molecule has 2 aromatic heterocycles. The van der Waals surface area contributed by atoms with Gasteiger partial charge in [0.05, 0.1) is 0 Å². The van der Waals surface area contributed by atoms with E-state index >= 15 is 0 Å². The molecule has 0 aliphatic heterocycles. The lowest BCUT2D eigenvalue weighted by molar-refractivity contribution is 0.0948. The van der Waals surface area contributed by atoms with Crippen LogP contribution in [0, 0.1) is 6.92 Å². The van der Waals surface area contributed by atoms with Crippen molar-refractivity contribution in [2.75, 3.05) is 18.4 Å². The number of benzene rings is 1. The molecule has 3 rings (SSSR count). The highest BCUT2D eigenvalue weighted by Crippen LogP contribution is 2.18. The summed E-state index contributed by atoms with van der Waals surface area (Å²) in [5.41, 5.74) is 2.80. The standard InChI is InChI=1S/C19H23N5O/c1-3-9-21-19(25)17-11-18(24-13(2)23-17)20-10-8-14-12-22-16-7-5-4-6-15(14)16/h4-7,11-12,22H,3,8-10H2,1-2H3,(H,21,25)(H,20,23,24). The number of carbonyl (C=O) groups excluding carboxylic acids is 1. The largest absolute Gasteiger partial charge is 0.370 e. The number of nitrogens with one attached hydrogen (secondary N) is 3. The maximum atomic E-state index is 12.1. The van der Waals surface area contributed by atoms with Crippen molar-refractivity contribution in [2.45, 2.75) is 26.7 Å². The molecule has 1 aromatic carbocycles. The molecule has 3 aromatic rings. The van der Waals surface area contributed by atoms with Crippen LogP contribution in [0.2, 0.25) is 0 Å². The van der Waals surface area contributed by atoms with Crippen LogP contribution >= 0.6 is 0 Å². The Kier molecular flexibility index (Phi) is 5.28. The number of anilines is 1. The van der Waals surface area contributed by atoms with Crippen LogP contribution in [-0.4, -0.2) is 33.9 Å². The summed E-state index contributed by atoms with van der Waals surface area (Å²) in [6.45, 7) is 5.18. The summed E-state index contributed by atoms with van der Waals surface area (Å²) in [6, 6.07) is 9.96. The molecule has 3 N–H and O–H groups in total. The zero-order valence-electron chi connectivity index (χ0n) is 14.6. The molecule has 0 atom stereocenters. The minimum absolute atomic E-state index is 0.160. The Morgan fingerprint density at radius 2 is 2.04 bits per heavy atom. The van der Waals surface area contributed by atoms with E-state index < -0.39 is 0 Å². The lowest BCUT2D eigenvalue weighted by Gasteiger charge is -2.09. The summed E-state index contributed by atoms with van der Waals surface area (Å²) in [5, 5.41) is 7.37. The van der Waals surface area contributed by atoms with Crippen molar-refractivity contribution in [2.24, 2.45) is 0 Å². The molecule has 0 saturated heterocycles. The number of fused-ring (bicyclic) bond motifs is 1. The highest BCUT2D eigenvalue weighted by atomic mass is 16.1. The van der Waals surface area contributed by atoms with Gasteiger partial charge in [-0.05, 0) is 31.4 Å². The summed E-state index contributed by atoms with van der Waals surface area (Å²) in [6.07, 6.45) is 3.80. The number of hydrogen-bond acceptors (Lipinski definition) is 4. The van der Waals surface area contributed by atoms with Crippen molar-refractivity contribution >= 4 is 22.6 Å². The van der Waals surface area contributed by atoms with Gasteiger partial charge in [0.2, 0.25) is 0 Å². The monoisotopic (exact) mass is 337 g/mol. The molecule has 0 aliphatic rings. The number of aromatic amines is 1. The number of H-pyrrole nitrogens is 1. The Hall–Kier alpha value is -2.89. The van der Waals surface area contributed by atoms with Crippen molar-refractivity contribution in [1.29, 1.82) is 0 Å². The molecule has 0 spiro atoms. The molecule has 2 heterocycles. The van der Waals surface area contributed by atoms with Crippen molar-refractivity contribution in [3.05, 3.63) is 53.6 Å². The van der Waals surface area contributed by atoms with Crippen molar-refractivity contribution in [3.8, 4) is 0 Å². The normalized spacial score (nSPS) is 10.8.